The van der Waals surface area contributed by atoms with E-state index in [1.807, 2.05) is 48.5 Å². The van der Waals surface area contributed by atoms with Crippen molar-refractivity contribution in [2.24, 2.45) is 5.73 Å². The van der Waals surface area contributed by atoms with Gasteiger partial charge >= 0.3 is 25.8 Å². The van der Waals surface area contributed by atoms with Crippen molar-refractivity contribution in [1.82, 2.24) is 4.67 Å². The lowest BCUT2D eigenvalue weighted by molar-refractivity contribution is -0.144. The first-order chi connectivity index (χ1) is 20.0. The van der Waals surface area contributed by atoms with Crippen LogP contribution in [0.15, 0.2) is 78.9 Å². The van der Waals surface area contributed by atoms with E-state index in [1.165, 1.54) is 0 Å². The van der Waals surface area contributed by atoms with E-state index in [0.29, 0.717) is 0 Å². The number of aliphatic hydroxyl groups excluding tert-OH is 1. The molecule has 0 saturated carbocycles. The molecule has 14 heteroatoms. The van der Waals surface area contributed by atoms with Crippen LogP contribution in [-0.2, 0) is 30.2 Å². The molecule has 3 aromatic rings. The van der Waals surface area contributed by atoms with Crippen LogP contribution in [0.5, 0.6) is 0 Å². The Labute approximate surface area is 240 Å². The number of fused-ring (bicyclic) bond motifs is 3. The molecule has 1 aliphatic rings. The second kappa shape index (κ2) is 14.7. The van der Waals surface area contributed by atoms with Crippen molar-refractivity contribution in [1.29, 1.82) is 0 Å². The molecule has 3 aromatic carbocycles. The highest BCUT2D eigenvalue weighted by atomic mass is 31.2. The Morgan fingerprint density at radius 3 is 1.83 bits per heavy atom. The zero-order valence-corrected chi connectivity index (χ0v) is 23.1. The van der Waals surface area contributed by atoms with Crippen LogP contribution in [0.1, 0.15) is 22.6 Å². The highest BCUT2D eigenvalue weighted by Crippen LogP contribution is 2.46. The van der Waals surface area contributed by atoms with E-state index in [9.17, 15) is 33.8 Å². The number of ether oxygens (including phenoxy) is 2. The second-order valence-corrected chi connectivity index (χ2v) is 10.6. The number of carboxylic acids is 2. The van der Waals surface area contributed by atoms with E-state index >= 15 is 0 Å². The van der Waals surface area contributed by atoms with Gasteiger partial charge in [-0.2, -0.15) is 4.67 Å². The number of nitrogens with two attached hydrogens (primary N) is 1. The molecule has 0 unspecified atom stereocenters. The topological polar surface area (TPSA) is 217 Å². The van der Waals surface area contributed by atoms with E-state index in [-0.39, 0.29) is 23.8 Å². The Kier molecular flexibility index (Phi) is 11.3. The largest absolute Gasteiger partial charge is 0.480 e. The first-order valence-electron chi connectivity index (χ1n) is 12.6. The number of carboxylic acid groups (broad SMARTS) is 2. The zero-order valence-electron chi connectivity index (χ0n) is 22.2. The van der Waals surface area contributed by atoms with Gasteiger partial charge in [-0.25, -0.2) is 14.2 Å². The summed E-state index contributed by atoms with van der Waals surface area (Å²) >= 11 is 0. The average molecular weight is 603 g/mol. The quantitative estimate of drug-likeness (QED) is 0.174. The lowest BCUT2D eigenvalue weighted by atomic mass is 9.98. The van der Waals surface area contributed by atoms with Gasteiger partial charge in [-0.15, -0.1) is 0 Å². The third-order valence-electron chi connectivity index (χ3n) is 6.29. The Bertz CT molecular complexity index is 1380. The van der Waals surface area contributed by atoms with Crippen LogP contribution in [0.3, 0.4) is 0 Å². The first kappa shape index (κ1) is 32.4. The summed E-state index contributed by atoms with van der Waals surface area (Å²) in [7, 11) is -5.35. The van der Waals surface area contributed by atoms with Crippen molar-refractivity contribution >= 4 is 25.8 Å². The van der Waals surface area contributed by atoms with Gasteiger partial charge in [-0.1, -0.05) is 78.9 Å². The molecule has 0 aromatic heterocycles. The van der Waals surface area contributed by atoms with Crippen LogP contribution in [0.2, 0.25) is 0 Å². The Hall–Kier alpha value is -4.10. The van der Waals surface area contributed by atoms with Gasteiger partial charge in [0.05, 0.1) is 19.8 Å². The minimum Gasteiger partial charge on any atom is -0.480 e. The molecule has 1 aliphatic carbocycles. The summed E-state index contributed by atoms with van der Waals surface area (Å²) in [4.78, 5) is 54.0. The molecule has 1 amide bonds. The number of hydrogen-bond donors (Lipinski definition) is 6. The average Bonchev–Trinajstić information content (AvgIpc) is 3.28. The van der Waals surface area contributed by atoms with E-state index in [0.717, 1.165) is 27.8 Å². The van der Waals surface area contributed by atoms with Gasteiger partial charge in [-0.05, 0) is 27.8 Å². The fourth-order valence-electron chi connectivity index (χ4n) is 4.26. The Morgan fingerprint density at radius 1 is 0.857 bits per heavy atom. The molecule has 7 N–H and O–H groups in total. The molecule has 224 valence electrons. The summed E-state index contributed by atoms with van der Waals surface area (Å²) in [6, 6.07) is 21.0. The maximum Gasteiger partial charge on any atom is 0.435 e. The SMILES string of the molecule is N[C@@H](CO)C(=O)O.O=C(O)[C@H](COCc1ccccc1)N(C(=O)OCC1c2ccccc2-c2ccccc21)P(=O)(O)O. The number of hydrogen-bond acceptors (Lipinski definition) is 8. The van der Waals surface area contributed by atoms with Gasteiger partial charge in [0.15, 0.2) is 6.04 Å². The molecular formula is C28H31N2O11P. The highest BCUT2D eigenvalue weighted by Gasteiger charge is 2.43. The van der Waals surface area contributed by atoms with Crippen molar-refractivity contribution in [3.05, 3.63) is 95.6 Å². The summed E-state index contributed by atoms with van der Waals surface area (Å²) < 4.78 is 22.7. The highest BCUT2D eigenvalue weighted by molar-refractivity contribution is 7.50. The van der Waals surface area contributed by atoms with Gasteiger partial charge in [0.1, 0.15) is 12.6 Å². The van der Waals surface area contributed by atoms with Crippen LogP contribution in [0.4, 0.5) is 4.79 Å². The lowest BCUT2D eigenvalue weighted by Crippen LogP contribution is -2.46. The number of benzene rings is 3. The number of amides is 1. The minimum atomic E-state index is -5.35. The standard InChI is InChI=1S/C25H24NO8P.C3H7NO3/c27-24(28)23(16-33-14-17-8-2-1-3-9-17)26(35(30,31)32)25(29)34-15-22-20-12-6-4-10-18(20)19-11-5-7-13-21(19)22;4-2(1-5)3(6)7/h1-13,22-23H,14-16H2,(H,27,28)(H2,30,31,32);2,5H,1,4H2,(H,6,7)/t23-;2-/m00/s1. The van der Waals surface area contributed by atoms with Gasteiger partial charge in [0, 0.05) is 5.92 Å². The zero-order chi connectivity index (χ0) is 30.9. The number of nitrogens with zero attached hydrogens (tertiary/aromatic N) is 1. The van der Waals surface area contributed by atoms with Crippen molar-refractivity contribution in [2.75, 3.05) is 19.8 Å². The fourth-order valence-corrected chi connectivity index (χ4v) is 5.06. The molecule has 2 atom stereocenters. The smallest absolute Gasteiger partial charge is 0.435 e. The molecule has 0 radical (unpaired) electrons. The van der Waals surface area contributed by atoms with Crippen molar-refractivity contribution < 1.29 is 53.5 Å². The molecule has 42 heavy (non-hydrogen) atoms. The summed E-state index contributed by atoms with van der Waals surface area (Å²) in [5.41, 5.74) is 9.28. The van der Waals surface area contributed by atoms with Gasteiger partial charge < -0.3 is 40.3 Å². The van der Waals surface area contributed by atoms with E-state index in [4.69, 9.17) is 25.4 Å². The van der Waals surface area contributed by atoms with Crippen molar-refractivity contribution in [2.45, 2.75) is 24.6 Å². The number of carbonyl (C=O) groups is 3. The first-order valence-corrected chi connectivity index (χ1v) is 14.2. The monoisotopic (exact) mass is 602 g/mol. The Balaban J connectivity index is 0.000000616. The predicted molar refractivity (Wildman–Crippen MR) is 149 cm³/mol. The number of carbonyl (C=O) groups excluding carboxylic acids is 1. The van der Waals surface area contributed by atoms with Gasteiger partial charge in [0.25, 0.3) is 0 Å². The predicted octanol–water partition coefficient (Wildman–Crippen LogP) is 2.39. The molecular weight excluding hydrogens is 571 g/mol. The van der Waals surface area contributed by atoms with Crippen LogP contribution in [0, 0.1) is 0 Å². The molecule has 13 nitrogen and oxygen atoms in total. The van der Waals surface area contributed by atoms with Crippen LogP contribution >= 0.6 is 7.75 Å². The fraction of sp³-hybridized carbons (Fsp3) is 0.250. The maximum atomic E-state index is 12.8. The van der Waals surface area contributed by atoms with E-state index in [1.54, 1.807) is 30.3 Å². The molecule has 0 bridgehead atoms. The number of aliphatic hydroxyl groups is 1. The summed E-state index contributed by atoms with van der Waals surface area (Å²) in [5, 5.41) is 25.5. The molecule has 4 rings (SSSR count). The Morgan fingerprint density at radius 2 is 1.38 bits per heavy atom. The summed E-state index contributed by atoms with van der Waals surface area (Å²) in [6.45, 7) is -1.36. The third kappa shape index (κ3) is 8.23. The summed E-state index contributed by atoms with van der Waals surface area (Å²) in [5.74, 6) is -3.17. The number of aliphatic carboxylic acids is 2. The van der Waals surface area contributed by atoms with E-state index < -0.39 is 51.1 Å². The maximum absolute atomic E-state index is 12.8. The molecule has 0 spiro atoms. The molecule has 0 aliphatic heterocycles. The molecule has 0 saturated heterocycles. The lowest BCUT2D eigenvalue weighted by Gasteiger charge is -2.28. The van der Waals surface area contributed by atoms with Gasteiger partial charge in [0.2, 0.25) is 0 Å². The van der Waals surface area contributed by atoms with Crippen LogP contribution in [0.25, 0.3) is 11.1 Å². The third-order valence-corrected chi connectivity index (χ3v) is 7.29. The number of rotatable bonds is 11. The van der Waals surface area contributed by atoms with E-state index in [2.05, 4.69) is 0 Å². The molecule has 0 heterocycles. The van der Waals surface area contributed by atoms with Gasteiger partial charge in [-0.3, -0.25) is 4.79 Å². The van der Waals surface area contributed by atoms with Crippen molar-refractivity contribution in [3.63, 3.8) is 0 Å². The van der Waals surface area contributed by atoms with Crippen molar-refractivity contribution in [3.8, 4) is 11.1 Å². The second-order valence-electron chi connectivity index (χ2n) is 9.14. The van der Waals surface area contributed by atoms with Crippen LogP contribution in [-0.4, -0.2) is 79.7 Å². The summed E-state index contributed by atoms with van der Waals surface area (Å²) in [6.07, 6.45) is -1.43. The minimum absolute atomic E-state index is 0.00427. The molecule has 0 fully saturated rings. The van der Waals surface area contributed by atoms with Crippen LogP contribution < -0.4 is 5.73 Å². The normalized spacial score (nSPS) is 13.5.